The maximum absolute atomic E-state index is 12.0. The van der Waals surface area contributed by atoms with E-state index >= 15 is 0 Å². The van der Waals surface area contributed by atoms with Crippen molar-refractivity contribution in [1.82, 2.24) is 0 Å². The van der Waals surface area contributed by atoms with Gasteiger partial charge in [-0.1, -0.05) is 22.0 Å². The first-order valence-electron chi connectivity index (χ1n) is 5.38. The van der Waals surface area contributed by atoms with E-state index in [-0.39, 0.29) is 10.7 Å². The molecule has 0 bridgehead atoms. The minimum Gasteiger partial charge on any atom is -0.465 e. The molecule has 2 rings (SSSR count). The lowest BCUT2D eigenvalue weighted by atomic mass is 10.2. The van der Waals surface area contributed by atoms with Gasteiger partial charge in [-0.2, -0.15) is 0 Å². The van der Waals surface area contributed by atoms with Gasteiger partial charge in [0.1, 0.15) is 0 Å². The number of rotatable bonds is 2. The van der Waals surface area contributed by atoms with Gasteiger partial charge in [0.15, 0.2) is 0 Å². The van der Waals surface area contributed by atoms with Crippen LogP contribution >= 0.6 is 31.9 Å². The molecule has 0 aliphatic carbocycles. The molecular formula is C12H11Br2NO3. The normalized spacial score (nSPS) is 19.2. The van der Waals surface area contributed by atoms with Crippen LogP contribution in [0, 0.1) is 0 Å². The highest BCUT2D eigenvalue weighted by atomic mass is 79.9. The summed E-state index contributed by atoms with van der Waals surface area (Å²) in [7, 11) is 1.33. The quantitative estimate of drug-likeness (QED) is 0.589. The second-order valence-electron chi connectivity index (χ2n) is 3.88. The smallest absolute Gasteiger partial charge is 0.339 e. The van der Waals surface area contributed by atoms with Gasteiger partial charge in [0.25, 0.3) is 0 Å². The van der Waals surface area contributed by atoms with E-state index in [1.54, 1.807) is 23.1 Å². The molecule has 4 nitrogen and oxygen atoms in total. The van der Waals surface area contributed by atoms with Crippen LogP contribution in [0.2, 0.25) is 0 Å². The average molecular weight is 377 g/mol. The summed E-state index contributed by atoms with van der Waals surface area (Å²) in [6.07, 6.45) is 0.758. The lowest BCUT2D eigenvalue weighted by Gasteiger charge is -2.18. The van der Waals surface area contributed by atoms with Crippen LogP contribution in [0.4, 0.5) is 5.69 Å². The zero-order valence-electron chi connectivity index (χ0n) is 9.65. The van der Waals surface area contributed by atoms with Gasteiger partial charge in [0, 0.05) is 6.54 Å². The third-order valence-corrected chi connectivity index (χ3v) is 4.50. The Morgan fingerprint density at radius 2 is 2.22 bits per heavy atom. The average Bonchev–Trinajstić information content (AvgIpc) is 2.70. The van der Waals surface area contributed by atoms with E-state index in [2.05, 4.69) is 31.9 Å². The molecule has 1 atom stereocenters. The first-order chi connectivity index (χ1) is 8.56. The monoisotopic (exact) mass is 375 g/mol. The number of hydrogen-bond acceptors (Lipinski definition) is 3. The molecule has 0 radical (unpaired) electrons. The van der Waals surface area contributed by atoms with E-state index in [1.165, 1.54) is 7.11 Å². The minimum absolute atomic E-state index is 0.0118. The van der Waals surface area contributed by atoms with Crippen molar-refractivity contribution in [3.63, 3.8) is 0 Å². The number of anilines is 1. The standard InChI is InChI=1S/C12H11Br2NO3/c1-18-12(17)7-3-2-4-9(10(7)14)15-6-5-8(13)11(15)16/h2-4,8H,5-6H2,1H3. The zero-order chi connectivity index (χ0) is 13.3. The van der Waals surface area contributed by atoms with E-state index in [1.807, 2.05) is 0 Å². The number of benzene rings is 1. The number of ether oxygens (including phenoxy) is 1. The van der Waals surface area contributed by atoms with E-state index in [9.17, 15) is 9.59 Å². The molecule has 1 amide bonds. The number of halogens is 2. The molecule has 0 N–H and O–H groups in total. The summed E-state index contributed by atoms with van der Waals surface area (Å²) >= 11 is 6.70. The van der Waals surface area contributed by atoms with E-state index in [4.69, 9.17) is 4.74 Å². The van der Waals surface area contributed by atoms with Crippen molar-refractivity contribution in [1.29, 1.82) is 0 Å². The number of methoxy groups -OCH3 is 1. The predicted octanol–water partition coefficient (Wildman–Crippen LogP) is 2.74. The van der Waals surface area contributed by atoms with Gasteiger partial charge in [-0.05, 0) is 34.5 Å². The van der Waals surface area contributed by atoms with Crippen molar-refractivity contribution in [2.45, 2.75) is 11.2 Å². The molecule has 96 valence electrons. The Balaban J connectivity index is 2.41. The Morgan fingerprint density at radius 1 is 1.50 bits per heavy atom. The fraction of sp³-hybridized carbons (Fsp3) is 0.333. The molecule has 1 unspecified atom stereocenters. The summed E-state index contributed by atoms with van der Waals surface area (Å²) in [4.78, 5) is 25.0. The summed E-state index contributed by atoms with van der Waals surface area (Å²) in [5.74, 6) is -0.413. The molecule has 1 heterocycles. The van der Waals surface area contributed by atoms with Crippen LogP contribution in [0.3, 0.4) is 0 Å². The molecule has 18 heavy (non-hydrogen) atoms. The predicted molar refractivity (Wildman–Crippen MR) is 75.2 cm³/mol. The molecule has 1 aliphatic heterocycles. The lowest BCUT2D eigenvalue weighted by molar-refractivity contribution is -0.116. The number of carbonyl (C=O) groups excluding carboxylic acids is 2. The highest BCUT2D eigenvalue weighted by molar-refractivity contribution is 9.10. The third-order valence-electron chi connectivity index (χ3n) is 2.81. The van der Waals surface area contributed by atoms with Crippen LogP contribution in [0.1, 0.15) is 16.8 Å². The molecule has 1 saturated heterocycles. The SMILES string of the molecule is COC(=O)c1cccc(N2CCC(Br)C2=O)c1Br. The molecule has 1 fully saturated rings. The zero-order valence-corrected chi connectivity index (χ0v) is 12.8. The third kappa shape index (κ3) is 2.31. The second-order valence-corrected chi connectivity index (χ2v) is 5.77. The fourth-order valence-corrected chi connectivity index (χ4v) is 2.97. The Bertz CT molecular complexity index is 504. The minimum atomic E-state index is -0.425. The number of carbonyl (C=O) groups is 2. The molecule has 0 saturated carbocycles. The van der Waals surface area contributed by atoms with Crippen LogP contribution in [0.5, 0.6) is 0 Å². The highest BCUT2D eigenvalue weighted by Gasteiger charge is 2.32. The van der Waals surface area contributed by atoms with Crippen LogP contribution in [0.15, 0.2) is 22.7 Å². The Morgan fingerprint density at radius 3 is 2.78 bits per heavy atom. The Labute approximate surface area is 122 Å². The van der Waals surface area contributed by atoms with Crippen LogP contribution in [-0.2, 0) is 9.53 Å². The largest absolute Gasteiger partial charge is 0.465 e. The fourth-order valence-electron chi connectivity index (χ4n) is 1.88. The number of nitrogens with zero attached hydrogens (tertiary/aromatic N) is 1. The maximum atomic E-state index is 12.0. The van der Waals surface area contributed by atoms with Crippen molar-refractivity contribution in [2.24, 2.45) is 0 Å². The van der Waals surface area contributed by atoms with Crippen molar-refractivity contribution < 1.29 is 14.3 Å². The van der Waals surface area contributed by atoms with Gasteiger partial charge in [-0.25, -0.2) is 4.79 Å². The molecule has 0 aromatic heterocycles. The highest BCUT2D eigenvalue weighted by Crippen LogP contribution is 2.34. The number of amides is 1. The van der Waals surface area contributed by atoms with Crippen LogP contribution in [-0.4, -0.2) is 30.4 Å². The first kappa shape index (κ1) is 13.5. The van der Waals surface area contributed by atoms with Gasteiger partial charge in [0.2, 0.25) is 5.91 Å². The number of alkyl halides is 1. The summed E-state index contributed by atoms with van der Waals surface area (Å²) in [5.41, 5.74) is 1.12. The number of esters is 1. The molecule has 1 aromatic rings. The summed E-state index contributed by atoms with van der Waals surface area (Å²) in [5, 5.41) is 0. The van der Waals surface area contributed by atoms with Crippen molar-refractivity contribution in [3.8, 4) is 0 Å². The van der Waals surface area contributed by atoms with Gasteiger partial charge < -0.3 is 9.64 Å². The molecular weight excluding hydrogens is 366 g/mol. The molecule has 1 aliphatic rings. The van der Waals surface area contributed by atoms with Gasteiger partial charge >= 0.3 is 5.97 Å². The van der Waals surface area contributed by atoms with Crippen LogP contribution < -0.4 is 4.90 Å². The maximum Gasteiger partial charge on any atom is 0.339 e. The Kier molecular flexibility index (Phi) is 4.07. The topological polar surface area (TPSA) is 46.6 Å². The van der Waals surface area contributed by atoms with Crippen molar-refractivity contribution in [2.75, 3.05) is 18.6 Å². The molecule has 1 aromatic carbocycles. The van der Waals surface area contributed by atoms with Crippen molar-refractivity contribution in [3.05, 3.63) is 28.2 Å². The summed E-state index contributed by atoms with van der Waals surface area (Å²) in [6.45, 7) is 0.637. The summed E-state index contributed by atoms with van der Waals surface area (Å²) in [6, 6.07) is 5.20. The van der Waals surface area contributed by atoms with Crippen LogP contribution in [0.25, 0.3) is 0 Å². The molecule has 0 spiro atoms. The van der Waals surface area contributed by atoms with E-state index < -0.39 is 5.97 Å². The summed E-state index contributed by atoms with van der Waals surface area (Å²) < 4.78 is 5.29. The van der Waals surface area contributed by atoms with E-state index in [0.717, 1.165) is 6.42 Å². The lowest BCUT2D eigenvalue weighted by Crippen LogP contribution is -2.27. The van der Waals surface area contributed by atoms with Gasteiger partial charge in [-0.15, -0.1) is 0 Å². The molecule has 6 heteroatoms. The van der Waals surface area contributed by atoms with Gasteiger partial charge in [-0.3, -0.25) is 4.79 Å². The van der Waals surface area contributed by atoms with Crippen molar-refractivity contribution >= 4 is 49.4 Å². The van der Waals surface area contributed by atoms with E-state index in [0.29, 0.717) is 22.3 Å². The number of hydrogen-bond donors (Lipinski definition) is 0. The first-order valence-corrected chi connectivity index (χ1v) is 7.09. The second kappa shape index (κ2) is 5.40. The van der Waals surface area contributed by atoms with Gasteiger partial charge in [0.05, 0.1) is 27.7 Å². The Hall–Kier alpha value is -0.880.